The van der Waals surface area contributed by atoms with Gasteiger partial charge in [-0.2, -0.15) is 4.98 Å². The molecule has 1 atom stereocenters. The summed E-state index contributed by atoms with van der Waals surface area (Å²) in [4.78, 5) is 11.0. The molecule has 1 unspecified atom stereocenters. The minimum atomic E-state index is 0.139. The number of anilines is 1. The number of hydrogen-bond acceptors (Lipinski definition) is 4. The van der Waals surface area contributed by atoms with Gasteiger partial charge in [0.05, 0.1) is 18.5 Å². The molecule has 0 N–H and O–H groups in total. The Morgan fingerprint density at radius 1 is 1.44 bits per heavy atom. The summed E-state index contributed by atoms with van der Waals surface area (Å²) in [5.41, 5.74) is 0. The molecule has 1 aromatic heterocycles. The molecule has 1 fully saturated rings. The number of rotatable bonds is 3. The molecule has 0 amide bonds. The van der Waals surface area contributed by atoms with E-state index in [1.807, 2.05) is 20.0 Å². The monoisotopic (exact) mass is 221 g/mol. The van der Waals surface area contributed by atoms with Crippen LogP contribution in [0.4, 0.5) is 5.82 Å². The van der Waals surface area contributed by atoms with Crippen molar-refractivity contribution in [1.29, 1.82) is 0 Å². The van der Waals surface area contributed by atoms with Crippen LogP contribution in [0.25, 0.3) is 0 Å². The lowest BCUT2D eigenvalue weighted by atomic mass is 10.2. The molecule has 4 heteroatoms. The van der Waals surface area contributed by atoms with Crippen LogP contribution in [0, 0.1) is 0 Å². The highest BCUT2D eigenvalue weighted by Crippen LogP contribution is 2.24. The van der Waals surface area contributed by atoms with Crippen molar-refractivity contribution in [1.82, 2.24) is 9.97 Å². The number of ether oxygens (including phenoxy) is 1. The lowest BCUT2D eigenvalue weighted by Gasteiger charge is -2.22. The molecule has 1 aliphatic heterocycles. The highest BCUT2D eigenvalue weighted by Gasteiger charge is 2.22. The van der Waals surface area contributed by atoms with Crippen LogP contribution in [0.2, 0.25) is 0 Å². The molecule has 0 radical (unpaired) electrons. The zero-order chi connectivity index (χ0) is 11.5. The number of aromatic nitrogens is 2. The Balaban J connectivity index is 2.15. The average Bonchev–Trinajstić information content (AvgIpc) is 2.64. The molecule has 0 aliphatic carbocycles. The zero-order valence-corrected chi connectivity index (χ0v) is 10.2. The summed E-state index contributed by atoms with van der Waals surface area (Å²) in [5, 5.41) is 0. The van der Waals surface area contributed by atoms with E-state index in [2.05, 4.69) is 21.8 Å². The van der Waals surface area contributed by atoms with Crippen molar-refractivity contribution in [3.05, 3.63) is 12.4 Å². The summed E-state index contributed by atoms with van der Waals surface area (Å²) in [5.74, 6) is 1.55. The Labute approximate surface area is 96.7 Å². The van der Waals surface area contributed by atoms with Crippen LogP contribution in [0.15, 0.2) is 12.4 Å². The first-order valence-electron chi connectivity index (χ1n) is 5.92. The summed E-state index contributed by atoms with van der Waals surface area (Å²) in [6.45, 7) is 7.28. The van der Waals surface area contributed by atoms with Gasteiger partial charge in [-0.1, -0.05) is 0 Å². The molecule has 1 saturated heterocycles. The Morgan fingerprint density at radius 2 is 2.25 bits per heavy atom. The lowest BCUT2D eigenvalue weighted by Crippen LogP contribution is -2.27. The second kappa shape index (κ2) is 4.68. The van der Waals surface area contributed by atoms with Gasteiger partial charge >= 0.3 is 0 Å². The number of hydrogen-bond donors (Lipinski definition) is 0. The highest BCUT2D eigenvalue weighted by molar-refractivity contribution is 5.39. The first kappa shape index (κ1) is 11.2. The van der Waals surface area contributed by atoms with Gasteiger partial charge in [0, 0.05) is 12.6 Å². The fourth-order valence-corrected chi connectivity index (χ4v) is 2.05. The average molecular weight is 221 g/mol. The van der Waals surface area contributed by atoms with Gasteiger partial charge in [-0.15, -0.1) is 0 Å². The SMILES string of the molecule is CC(C)Oc1cncc(N2CCCC2C)n1. The minimum absolute atomic E-state index is 0.139. The van der Waals surface area contributed by atoms with Gasteiger partial charge < -0.3 is 9.64 Å². The molecule has 16 heavy (non-hydrogen) atoms. The van der Waals surface area contributed by atoms with Crippen LogP contribution < -0.4 is 9.64 Å². The van der Waals surface area contributed by atoms with Crippen molar-refractivity contribution in [2.75, 3.05) is 11.4 Å². The van der Waals surface area contributed by atoms with Gasteiger partial charge in [-0.05, 0) is 33.6 Å². The second-order valence-electron chi connectivity index (χ2n) is 4.57. The predicted octanol–water partition coefficient (Wildman–Crippen LogP) is 2.25. The summed E-state index contributed by atoms with van der Waals surface area (Å²) in [6.07, 6.45) is 6.09. The van der Waals surface area contributed by atoms with Crippen LogP contribution in [-0.2, 0) is 0 Å². The third kappa shape index (κ3) is 2.43. The molecule has 4 nitrogen and oxygen atoms in total. The van der Waals surface area contributed by atoms with Crippen molar-refractivity contribution in [3.8, 4) is 5.88 Å². The normalized spacial score (nSPS) is 20.5. The molecule has 88 valence electrons. The first-order chi connectivity index (χ1) is 7.66. The standard InChI is InChI=1S/C12H19N3O/c1-9(2)16-12-8-13-7-11(14-12)15-6-4-5-10(15)3/h7-10H,4-6H2,1-3H3. The van der Waals surface area contributed by atoms with E-state index in [4.69, 9.17) is 4.74 Å². The molecular formula is C12H19N3O. The Morgan fingerprint density at radius 3 is 2.88 bits per heavy atom. The zero-order valence-electron chi connectivity index (χ0n) is 10.2. The van der Waals surface area contributed by atoms with E-state index in [0.717, 1.165) is 12.4 Å². The van der Waals surface area contributed by atoms with E-state index in [9.17, 15) is 0 Å². The topological polar surface area (TPSA) is 38.2 Å². The molecule has 2 heterocycles. The van der Waals surface area contributed by atoms with E-state index in [-0.39, 0.29) is 6.10 Å². The van der Waals surface area contributed by atoms with E-state index in [0.29, 0.717) is 11.9 Å². The predicted molar refractivity (Wildman–Crippen MR) is 63.8 cm³/mol. The van der Waals surface area contributed by atoms with Gasteiger partial charge in [-0.3, -0.25) is 4.98 Å². The molecule has 0 bridgehead atoms. The summed E-state index contributed by atoms with van der Waals surface area (Å²) < 4.78 is 5.55. The molecule has 0 saturated carbocycles. The Bertz CT molecular complexity index is 354. The van der Waals surface area contributed by atoms with Gasteiger partial charge in [-0.25, -0.2) is 0 Å². The smallest absolute Gasteiger partial charge is 0.234 e. The molecule has 1 aliphatic rings. The third-order valence-corrected chi connectivity index (χ3v) is 2.80. The maximum absolute atomic E-state index is 5.55. The van der Waals surface area contributed by atoms with Gasteiger partial charge in [0.2, 0.25) is 5.88 Å². The van der Waals surface area contributed by atoms with E-state index in [1.54, 1.807) is 6.20 Å². The van der Waals surface area contributed by atoms with Crippen LogP contribution in [0.5, 0.6) is 5.88 Å². The molecular weight excluding hydrogens is 202 g/mol. The third-order valence-electron chi connectivity index (χ3n) is 2.80. The highest BCUT2D eigenvalue weighted by atomic mass is 16.5. The summed E-state index contributed by atoms with van der Waals surface area (Å²) >= 11 is 0. The molecule has 2 rings (SSSR count). The maximum Gasteiger partial charge on any atom is 0.234 e. The minimum Gasteiger partial charge on any atom is -0.474 e. The summed E-state index contributed by atoms with van der Waals surface area (Å²) in [6, 6.07) is 0.559. The number of nitrogens with zero attached hydrogens (tertiary/aromatic N) is 3. The molecule has 0 aromatic carbocycles. The van der Waals surface area contributed by atoms with Crippen LogP contribution in [-0.4, -0.2) is 28.7 Å². The van der Waals surface area contributed by atoms with Crippen molar-refractivity contribution in [3.63, 3.8) is 0 Å². The van der Waals surface area contributed by atoms with Crippen molar-refractivity contribution >= 4 is 5.82 Å². The van der Waals surface area contributed by atoms with Gasteiger partial charge in [0.1, 0.15) is 0 Å². The Kier molecular flexibility index (Phi) is 3.27. The van der Waals surface area contributed by atoms with Crippen molar-refractivity contribution < 1.29 is 4.74 Å². The Hall–Kier alpha value is -1.32. The second-order valence-corrected chi connectivity index (χ2v) is 4.57. The maximum atomic E-state index is 5.55. The lowest BCUT2D eigenvalue weighted by molar-refractivity contribution is 0.231. The quantitative estimate of drug-likeness (QED) is 0.784. The van der Waals surface area contributed by atoms with Crippen molar-refractivity contribution in [2.24, 2.45) is 0 Å². The molecule has 1 aromatic rings. The first-order valence-corrected chi connectivity index (χ1v) is 5.92. The van der Waals surface area contributed by atoms with E-state index in [1.165, 1.54) is 12.8 Å². The van der Waals surface area contributed by atoms with E-state index < -0.39 is 0 Å². The fraction of sp³-hybridized carbons (Fsp3) is 0.667. The molecule has 0 spiro atoms. The van der Waals surface area contributed by atoms with E-state index >= 15 is 0 Å². The van der Waals surface area contributed by atoms with Gasteiger partial charge in [0.15, 0.2) is 5.82 Å². The van der Waals surface area contributed by atoms with Gasteiger partial charge in [0.25, 0.3) is 0 Å². The van der Waals surface area contributed by atoms with Crippen molar-refractivity contribution in [2.45, 2.75) is 45.8 Å². The summed E-state index contributed by atoms with van der Waals surface area (Å²) in [7, 11) is 0. The van der Waals surface area contributed by atoms with Crippen LogP contribution in [0.3, 0.4) is 0 Å². The van der Waals surface area contributed by atoms with Crippen LogP contribution in [0.1, 0.15) is 33.6 Å². The fourth-order valence-electron chi connectivity index (χ4n) is 2.05. The van der Waals surface area contributed by atoms with Crippen LogP contribution >= 0.6 is 0 Å². The largest absolute Gasteiger partial charge is 0.474 e.